The number of halogens is 1. The Morgan fingerprint density at radius 2 is 1.79 bits per heavy atom. The van der Waals surface area contributed by atoms with Gasteiger partial charge in [0.15, 0.2) is 6.10 Å². The Hall–Kier alpha value is -3.17. The van der Waals surface area contributed by atoms with E-state index in [1.54, 1.807) is 21.1 Å². The number of ketones is 1. The third-order valence-corrected chi connectivity index (χ3v) is 6.19. The number of aromatic nitrogens is 2. The molecule has 0 saturated heterocycles. The number of hydrogen-bond donors (Lipinski definition) is 0. The summed E-state index contributed by atoms with van der Waals surface area (Å²) in [5, 5.41) is 7.88. The summed E-state index contributed by atoms with van der Waals surface area (Å²) >= 11 is 3.47. The Morgan fingerprint density at radius 1 is 1.12 bits per heavy atom. The smallest absolute Gasteiger partial charge is 0.247 e. The van der Waals surface area contributed by atoms with Crippen LogP contribution >= 0.6 is 15.9 Å². The van der Waals surface area contributed by atoms with Gasteiger partial charge in [0, 0.05) is 31.1 Å². The fourth-order valence-electron chi connectivity index (χ4n) is 3.73. The van der Waals surface area contributed by atoms with Crippen LogP contribution in [0, 0.1) is 6.92 Å². The Bertz CT molecular complexity index is 1180. The van der Waals surface area contributed by atoms with Crippen molar-refractivity contribution in [3.8, 4) is 23.0 Å². The maximum absolute atomic E-state index is 13.4. The average Bonchev–Trinajstić information content (AvgIpc) is 3.52. The van der Waals surface area contributed by atoms with Crippen molar-refractivity contribution in [3.63, 3.8) is 0 Å². The number of carbonyl (C=O) groups is 1. The number of ether oxygens (including phenoxy) is 4. The maximum Gasteiger partial charge on any atom is 0.247 e. The van der Waals surface area contributed by atoms with Crippen molar-refractivity contribution in [2.45, 2.75) is 32.5 Å². The molecule has 2 unspecified atom stereocenters. The lowest BCUT2D eigenvalue weighted by molar-refractivity contribution is -0.138. The van der Waals surface area contributed by atoms with Crippen molar-refractivity contribution >= 4 is 27.5 Å². The lowest BCUT2D eigenvalue weighted by atomic mass is 9.99. The molecule has 2 atom stereocenters. The molecule has 2 heterocycles. The van der Waals surface area contributed by atoms with Gasteiger partial charge in [-0.3, -0.25) is 4.79 Å². The summed E-state index contributed by atoms with van der Waals surface area (Å²) in [7, 11) is 3.16. The topological polar surface area (TPSA) is 92.9 Å². The summed E-state index contributed by atoms with van der Waals surface area (Å²) in [4.78, 5) is 13.4. The third-order valence-electron chi connectivity index (χ3n) is 5.41. The van der Waals surface area contributed by atoms with Crippen LogP contribution in [0.1, 0.15) is 36.5 Å². The quantitative estimate of drug-likeness (QED) is 0.369. The van der Waals surface area contributed by atoms with E-state index in [9.17, 15) is 4.79 Å². The van der Waals surface area contributed by atoms with Gasteiger partial charge in [0.1, 0.15) is 27.8 Å². The highest BCUT2D eigenvalue weighted by Gasteiger charge is 2.34. The van der Waals surface area contributed by atoms with Gasteiger partial charge < -0.3 is 23.4 Å². The second-order valence-electron chi connectivity index (χ2n) is 7.59. The molecule has 0 radical (unpaired) electrons. The Balaban J connectivity index is 1.51. The first-order chi connectivity index (χ1) is 16.4. The first kappa shape index (κ1) is 24.0. The molecular weight excluding hydrogens is 504 g/mol. The Morgan fingerprint density at radius 3 is 2.35 bits per heavy atom. The molecule has 3 aromatic rings. The van der Waals surface area contributed by atoms with Gasteiger partial charge in [0.05, 0.1) is 14.2 Å². The molecule has 1 aromatic heterocycles. The van der Waals surface area contributed by atoms with E-state index in [0.29, 0.717) is 46.5 Å². The number of carbonyl (C=O) groups excluding carboxylic acids is 1. The van der Waals surface area contributed by atoms with Crippen LogP contribution in [0.5, 0.6) is 11.5 Å². The zero-order valence-electron chi connectivity index (χ0n) is 19.3. The van der Waals surface area contributed by atoms with E-state index in [1.807, 2.05) is 49.4 Å². The van der Waals surface area contributed by atoms with E-state index in [4.69, 9.17) is 23.4 Å². The molecule has 8 nitrogen and oxygen atoms in total. The summed E-state index contributed by atoms with van der Waals surface area (Å²) in [6, 6.07) is 11.0. The minimum absolute atomic E-state index is 0.148. The molecule has 0 amide bonds. The fourth-order valence-corrected chi connectivity index (χ4v) is 4.28. The predicted molar refractivity (Wildman–Crippen MR) is 129 cm³/mol. The zero-order chi connectivity index (χ0) is 24.2. The summed E-state index contributed by atoms with van der Waals surface area (Å²) in [6.07, 6.45) is 0.924. The van der Waals surface area contributed by atoms with Gasteiger partial charge in [-0.2, -0.15) is 0 Å². The lowest BCUT2D eigenvalue weighted by Crippen LogP contribution is -2.28. The summed E-state index contributed by atoms with van der Waals surface area (Å²) in [5.41, 5.74) is 2.27. The molecule has 2 aromatic carbocycles. The summed E-state index contributed by atoms with van der Waals surface area (Å²) in [5.74, 6) is 2.58. The van der Waals surface area contributed by atoms with Gasteiger partial charge in [0.2, 0.25) is 17.6 Å². The average molecular weight is 529 g/mol. The molecule has 0 spiro atoms. The largest absolute Gasteiger partial charge is 0.495 e. The Kier molecular flexibility index (Phi) is 7.33. The second-order valence-corrected chi connectivity index (χ2v) is 8.38. The minimum atomic E-state index is -0.754. The number of hydrogen-bond acceptors (Lipinski definition) is 8. The number of methoxy groups -OCH3 is 2. The monoisotopic (exact) mass is 528 g/mol. The molecule has 0 bridgehead atoms. The van der Waals surface area contributed by atoms with E-state index in [1.165, 1.54) is 0 Å². The highest BCUT2D eigenvalue weighted by Crippen LogP contribution is 2.40. The second kappa shape index (κ2) is 10.4. The van der Waals surface area contributed by atoms with Crippen molar-refractivity contribution in [3.05, 3.63) is 64.0 Å². The fraction of sp³-hybridized carbons (Fsp3) is 0.320. The van der Waals surface area contributed by atoms with Crippen LogP contribution in [-0.4, -0.2) is 42.9 Å². The van der Waals surface area contributed by atoms with E-state index >= 15 is 0 Å². The lowest BCUT2D eigenvalue weighted by Gasteiger charge is -2.21. The van der Waals surface area contributed by atoms with Gasteiger partial charge in [0.25, 0.3) is 0 Å². The highest BCUT2D eigenvalue weighted by molar-refractivity contribution is 9.10. The molecular formula is C25H25BrN2O6. The van der Waals surface area contributed by atoms with Crippen LogP contribution in [0.4, 0.5) is 0 Å². The molecule has 1 aliphatic heterocycles. The van der Waals surface area contributed by atoms with E-state index in [-0.39, 0.29) is 5.78 Å². The number of rotatable bonds is 9. The predicted octanol–water partition coefficient (Wildman–Crippen LogP) is 5.30. The third kappa shape index (κ3) is 4.85. The van der Waals surface area contributed by atoms with Crippen molar-refractivity contribution in [2.24, 2.45) is 0 Å². The number of Topliss-reactive ketones (excluding diaryl/α,β-unsaturated/α-hetero) is 1. The number of aryl methyl sites for hydroxylation is 1. The Labute approximate surface area is 206 Å². The van der Waals surface area contributed by atoms with E-state index < -0.39 is 12.2 Å². The van der Waals surface area contributed by atoms with Crippen LogP contribution in [0.3, 0.4) is 0 Å². The molecule has 9 heteroatoms. The molecule has 0 N–H and O–H groups in total. The molecule has 4 rings (SSSR count). The van der Waals surface area contributed by atoms with Crippen LogP contribution < -0.4 is 9.47 Å². The van der Waals surface area contributed by atoms with Crippen molar-refractivity contribution in [1.82, 2.24) is 10.2 Å². The summed E-state index contributed by atoms with van der Waals surface area (Å²) in [6.45, 7) is 3.98. The van der Waals surface area contributed by atoms with Crippen molar-refractivity contribution in [1.29, 1.82) is 0 Å². The molecule has 0 aliphatic carbocycles. The van der Waals surface area contributed by atoms with Gasteiger partial charge in [-0.05, 0) is 58.8 Å². The van der Waals surface area contributed by atoms with E-state index in [0.717, 1.165) is 16.7 Å². The molecule has 0 saturated carbocycles. The molecule has 34 heavy (non-hydrogen) atoms. The normalized spacial score (nSPS) is 16.0. The van der Waals surface area contributed by atoms with Crippen molar-refractivity contribution < 1.29 is 28.2 Å². The molecule has 0 fully saturated rings. The SMILES string of the molecule is CCOC(C(=O)C1CC=C(c2cc(OC)c(Br)c(OC)c2)O1)c1ccc(-c2nnc(C)o2)cc1. The molecule has 1 aliphatic rings. The van der Waals surface area contributed by atoms with Gasteiger partial charge >= 0.3 is 0 Å². The minimum Gasteiger partial charge on any atom is -0.495 e. The highest BCUT2D eigenvalue weighted by atomic mass is 79.9. The maximum atomic E-state index is 13.4. The van der Waals surface area contributed by atoms with Crippen molar-refractivity contribution in [2.75, 3.05) is 20.8 Å². The van der Waals surface area contributed by atoms with Gasteiger partial charge in [-0.15, -0.1) is 10.2 Å². The summed E-state index contributed by atoms with van der Waals surface area (Å²) < 4.78 is 28.9. The van der Waals surface area contributed by atoms with E-state index in [2.05, 4.69) is 26.1 Å². The van der Waals surface area contributed by atoms with Gasteiger partial charge in [-0.25, -0.2) is 0 Å². The molecule has 178 valence electrons. The first-order valence-electron chi connectivity index (χ1n) is 10.8. The number of nitrogens with zero attached hydrogens (tertiary/aromatic N) is 2. The van der Waals surface area contributed by atoms with Crippen LogP contribution in [0.15, 0.2) is 51.4 Å². The zero-order valence-corrected chi connectivity index (χ0v) is 20.9. The number of benzene rings is 2. The van der Waals surface area contributed by atoms with Gasteiger partial charge in [-0.1, -0.05) is 12.1 Å². The van der Waals surface area contributed by atoms with Crippen LogP contribution in [0.25, 0.3) is 17.2 Å². The standard InChI is InChI=1S/C25H25BrN2O6/c1-5-32-24(15-6-8-16(9-7-15)25-28-27-14(2)33-25)23(29)19-11-10-18(34-19)17-12-20(30-3)22(26)21(13-17)31-4/h6-10,12-13,19,24H,5,11H2,1-4H3. The van der Waals surface area contributed by atoms with Crippen LogP contribution in [0.2, 0.25) is 0 Å². The first-order valence-corrected chi connectivity index (χ1v) is 11.6. The van der Waals surface area contributed by atoms with Crippen LogP contribution in [-0.2, 0) is 14.3 Å².